The number of aliphatic hydroxyl groups excluding tert-OH is 1. The maximum absolute atomic E-state index is 13.0. The van der Waals surface area contributed by atoms with Crippen LogP contribution < -0.4 is 0 Å². The Balaban J connectivity index is 5.25. The maximum Gasteiger partial charge on any atom is 0.472 e. The molecule has 0 amide bonds. The molecule has 0 saturated heterocycles. The van der Waals surface area contributed by atoms with Crippen molar-refractivity contribution in [3.05, 3.63) is 0 Å². The number of aliphatic hydroxyl groups is 1. The van der Waals surface area contributed by atoms with Crippen molar-refractivity contribution in [2.45, 2.75) is 355 Å². The van der Waals surface area contributed by atoms with Gasteiger partial charge in [-0.1, -0.05) is 286 Å². The summed E-state index contributed by atoms with van der Waals surface area (Å²) in [5.41, 5.74) is 0. The van der Waals surface area contributed by atoms with Crippen molar-refractivity contribution in [2.24, 2.45) is 11.8 Å². The zero-order chi connectivity index (χ0) is 63.6. The lowest BCUT2D eigenvalue weighted by Gasteiger charge is -2.21. The van der Waals surface area contributed by atoms with Gasteiger partial charge in [0.1, 0.15) is 19.3 Å². The Bertz CT molecular complexity index is 1690. The lowest BCUT2D eigenvalue weighted by atomic mass is 9.99. The van der Waals surface area contributed by atoms with Crippen molar-refractivity contribution in [3.63, 3.8) is 0 Å². The molecule has 0 aliphatic carbocycles. The zero-order valence-corrected chi connectivity index (χ0v) is 57.4. The summed E-state index contributed by atoms with van der Waals surface area (Å²) in [5.74, 6) is -0.609. The molecule has 0 spiro atoms. The third kappa shape index (κ3) is 59.7. The summed E-state index contributed by atoms with van der Waals surface area (Å²) in [7, 11) is -9.89. The molecule has 0 aromatic carbocycles. The van der Waals surface area contributed by atoms with Crippen molar-refractivity contribution in [3.8, 4) is 0 Å². The Morgan fingerprint density at radius 3 is 0.884 bits per heavy atom. The van der Waals surface area contributed by atoms with Gasteiger partial charge in [0.15, 0.2) is 12.2 Å². The molecule has 17 nitrogen and oxygen atoms in total. The summed E-state index contributed by atoms with van der Waals surface area (Å²) < 4.78 is 68.1. The van der Waals surface area contributed by atoms with Crippen molar-refractivity contribution in [1.29, 1.82) is 0 Å². The Morgan fingerprint density at radius 1 is 0.337 bits per heavy atom. The first-order chi connectivity index (χ1) is 41.4. The Labute approximate surface area is 524 Å². The highest BCUT2D eigenvalue weighted by Crippen LogP contribution is 2.45. The summed E-state index contributed by atoms with van der Waals surface area (Å²) >= 11 is 0. The van der Waals surface area contributed by atoms with Gasteiger partial charge in [-0.25, -0.2) is 9.13 Å². The Morgan fingerprint density at radius 2 is 0.593 bits per heavy atom. The molecule has 0 aromatic rings. The molecule has 0 heterocycles. The van der Waals surface area contributed by atoms with E-state index >= 15 is 0 Å². The van der Waals surface area contributed by atoms with E-state index in [0.29, 0.717) is 25.7 Å². The van der Waals surface area contributed by atoms with Crippen molar-refractivity contribution in [2.75, 3.05) is 39.6 Å². The van der Waals surface area contributed by atoms with Gasteiger partial charge in [0.05, 0.1) is 26.4 Å². The van der Waals surface area contributed by atoms with Crippen LogP contribution in [-0.2, 0) is 65.4 Å². The van der Waals surface area contributed by atoms with Crippen LogP contribution in [0.4, 0.5) is 0 Å². The minimum Gasteiger partial charge on any atom is -0.462 e. The molecule has 0 fully saturated rings. The van der Waals surface area contributed by atoms with Gasteiger partial charge in [0.2, 0.25) is 0 Å². The monoisotopic (exact) mass is 1270 g/mol. The summed E-state index contributed by atoms with van der Waals surface area (Å²) in [4.78, 5) is 72.3. The normalized spacial score (nSPS) is 14.5. The highest BCUT2D eigenvalue weighted by Gasteiger charge is 2.30. The molecule has 0 radical (unpaired) electrons. The lowest BCUT2D eigenvalue weighted by molar-refractivity contribution is -0.161. The molecule has 3 N–H and O–H groups in total. The summed E-state index contributed by atoms with van der Waals surface area (Å²) in [6.07, 6.45) is 42.9. The second-order valence-corrected chi connectivity index (χ2v) is 27.8. The van der Waals surface area contributed by atoms with E-state index in [4.69, 9.17) is 37.0 Å². The molecule has 510 valence electrons. The van der Waals surface area contributed by atoms with E-state index in [-0.39, 0.29) is 25.7 Å². The van der Waals surface area contributed by atoms with Crippen molar-refractivity contribution >= 4 is 39.5 Å². The standard InChI is InChI=1S/C67H130O17P2/c1-7-10-12-14-16-18-19-20-25-32-38-44-50-65(70)78-56-62(83-66(71)51-45-39-33-26-22-21-24-30-36-42-48-60(6)9-3)57-81-85(73,74)79-53-61(68)54-80-86(75,76)82-58-63(55-77-64(69)49-43-37-31-23-17-15-13-11-8-2)84-67(72)52-46-40-34-28-27-29-35-41-47-59(4)5/h59-63,68H,7-58H2,1-6H3,(H,73,74)(H,75,76)/t60?,61-,62-,63-/m1/s1. The van der Waals surface area contributed by atoms with Crippen LogP contribution in [-0.4, -0.2) is 96.7 Å². The first-order valence-corrected chi connectivity index (χ1v) is 38.0. The third-order valence-corrected chi connectivity index (χ3v) is 17.7. The largest absolute Gasteiger partial charge is 0.472 e. The number of hydrogen-bond acceptors (Lipinski definition) is 15. The van der Waals surface area contributed by atoms with E-state index in [1.165, 1.54) is 154 Å². The summed E-state index contributed by atoms with van der Waals surface area (Å²) in [6.45, 7) is 9.49. The van der Waals surface area contributed by atoms with E-state index in [1.54, 1.807) is 0 Å². The van der Waals surface area contributed by atoms with Crippen LogP contribution in [0.15, 0.2) is 0 Å². The topological polar surface area (TPSA) is 237 Å². The predicted octanol–water partition coefficient (Wildman–Crippen LogP) is 18.8. The lowest BCUT2D eigenvalue weighted by Crippen LogP contribution is -2.30. The molecule has 0 aliphatic heterocycles. The van der Waals surface area contributed by atoms with Gasteiger partial charge in [-0.3, -0.25) is 37.3 Å². The average molecular weight is 1270 g/mol. The van der Waals surface area contributed by atoms with E-state index in [1.807, 2.05) is 0 Å². The van der Waals surface area contributed by atoms with Crippen LogP contribution in [0.25, 0.3) is 0 Å². The quantitative estimate of drug-likeness (QED) is 0.0222. The first-order valence-electron chi connectivity index (χ1n) is 35.0. The van der Waals surface area contributed by atoms with E-state index in [2.05, 4.69) is 41.5 Å². The van der Waals surface area contributed by atoms with Crippen molar-refractivity contribution < 1.29 is 80.2 Å². The molecule has 0 aromatic heterocycles. The van der Waals surface area contributed by atoms with Crippen LogP contribution in [0.3, 0.4) is 0 Å². The van der Waals surface area contributed by atoms with Crippen molar-refractivity contribution in [1.82, 2.24) is 0 Å². The molecule has 6 atom stereocenters. The number of ether oxygens (including phenoxy) is 4. The highest BCUT2D eigenvalue weighted by atomic mass is 31.2. The molecular weight excluding hydrogens is 1140 g/mol. The summed E-state index contributed by atoms with van der Waals surface area (Å²) in [5, 5.41) is 10.6. The van der Waals surface area contributed by atoms with Gasteiger partial charge in [0.25, 0.3) is 0 Å². The van der Waals surface area contributed by atoms with Gasteiger partial charge in [0, 0.05) is 25.7 Å². The maximum atomic E-state index is 13.0. The number of esters is 4. The first kappa shape index (κ1) is 84.1. The number of carbonyl (C=O) groups excluding carboxylic acids is 4. The van der Waals surface area contributed by atoms with Crippen LogP contribution in [0.1, 0.15) is 337 Å². The van der Waals surface area contributed by atoms with Crippen LogP contribution in [0.2, 0.25) is 0 Å². The predicted molar refractivity (Wildman–Crippen MR) is 345 cm³/mol. The fourth-order valence-corrected chi connectivity index (χ4v) is 11.6. The van der Waals surface area contributed by atoms with E-state index in [0.717, 1.165) is 102 Å². The average Bonchev–Trinajstić information content (AvgIpc) is 3.68. The van der Waals surface area contributed by atoms with Crippen LogP contribution >= 0.6 is 15.6 Å². The third-order valence-electron chi connectivity index (χ3n) is 15.8. The molecular formula is C67H130O17P2. The smallest absolute Gasteiger partial charge is 0.462 e. The van der Waals surface area contributed by atoms with Gasteiger partial charge in [-0.2, -0.15) is 0 Å². The molecule has 0 bridgehead atoms. The van der Waals surface area contributed by atoms with Gasteiger partial charge in [-0.05, 0) is 37.5 Å². The highest BCUT2D eigenvalue weighted by molar-refractivity contribution is 7.47. The Kier molecular flexibility index (Phi) is 58.0. The molecule has 19 heteroatoms. The number of phosphoric ester groups is 2. The molecule has 0 saturated carbocycles. The molecule has 0 aliphatic rings. The molecule has 86 heavy (non-hydrogen) atoms. The van der Waals surface area contributed by atoms with E-state index in [9.17, 15) is 43.2 Å². The van der Waals surface area contributed by atoms with Gasteiger partial charge >= 0.3 is 39.5 Å². The van der Waals surface area contributed by atoms with Crippen LogP contribution in [0.5, 0.6) is 0 Å². The fraction of sp³-hybridized carbons (Fsp3) is 0.940. The number of hydrogen-bond donors (Lipinski definition) is 3. The fourth-order valence-electron chi connectivity index (χ4n) is 10.0. The van der Waals surface area contributed by atoms with Gasteiger partial charge < -0.3 is 33.8 Å². The van der Waals surface area contributed by atoms with E-state index < -0.39 is 97.5 Å². The molecule has 3 unspecified atom stereocenters. The number of phosphoric acid groups is 2. The van der Waals surface area contributed by atoms with Crippen LogP contribution in [0, 0.1) is 11.8 Å². The zero-order valence-electron chi connectivity index (χ0n) is 55.6. The number of unbranched alkanes of at least 4 members (excludes halogenated alkanes) is 35. The SMILES string of the molecule is CCCCCCCCCCCCCCC(=O)OC[C@H](COP(=O)(O)OC[C@@H](O)COP(=O)(O)OC[C@@H](COC(=O)CCCCCCCCCCC)OC(=O)CCCCCCCCCCC(C)C)OC(=O)CCCCCCCCCCCCC(C)CC. The Hall–Kier alpha value is -1.94. The number of rotatable bonds is 66. The second kappa shape index (κ2) is 59.4. The van der Waals surface area contributed by atoms with Gasteiger partial charge in [-0.15, -0.1) is 0 Å². The minimum absolute atomic E-state index is 0.104. The second-order valence-electron chi connectivity index (χ2n) is 24.9. The minimum atomic E-state index is -4.95. The summed E-state index contributed by atoms with van der Waals surface area (Å²) in [6, 6.07) is 0. The number of carbonyl (C=O) groups is 4. The molecule has 0 rings (SSSR count).